The fourth-order valence-corrected chi connectivity index (χ4v) is 3.72. The van der Waals surface area contributed by atoms with E-state index in [4.69, 9.17) is 4.42 Å². The van der Waals surface area contributed by atoms with Crippen molar-refractivity contribution in [2.75, 3.05) is 36.9 Å². The van der Waals surface area contributed by atoms with Gasteiger partial charge in [-0.25, -0.2) is 0 Å². The van der Waals surface area contributed by atoms with Gasteiger partial charge in [0.25, 0.3) is 0 Å². The van der Waals surface area contributed by atoms with Crippen LogP contribution >= 0.6 is 0 Å². The lowest BCUT2D eigenvalue weighted by Gasteiger charge is -2.22. The van der Waals surface area contributed by atoms with Crippen LogP contribution in [0.3, 0.4) is 0 Å². The third kappa shape index (κ3) is 4.04. The number of carbonyl (C=O) groups is 1. The van der Waals surface area contributed by atoms with Crippen LogP contribution in [-0.4, -0.2) is 37.5 Å². The molecule has 0 aliphatic carbocycles. The highest BCUT2D eigenvalue weighted by molar-refractivity contribution is 5.92. The Labute approximate surface area is 165 Å². The third-order valence-electron chi connectivity index (χ3n) is 5.53. The van der Waals surface area contributed by atoms with Crippen LogP contribution in [0.15, 0.2) is 59.0 Å². The molecule has 5 nitrogen and oxygen atoms in total. The van der Waals surface area contributed by atoms with Gasteiger partial charge in [0.05, 0.1) is 12.6 Å². The average Bonchev–Trinajstić information content (AvgIpc) is 3.37. The number of amides is 1. The molecule has 1 aliphatic heterocycles. The van der Waals surface area contributed by atoms with Crippen molar-refractivity contribution >= 4 is 28.3 Å². The molecule has 2 aromatic carbocycles. The Morgan fingerprint density at radius 1 is 1.14 bits per heavy atom. The number of nitrogens with one attached hydrogen (secondary N) is 1. The first kappa shape index (κ1) is 18.6. The third-order valence-corrected chi connectivity index (χ3v) is 5.53. The second-order valence-electron chi connectivity index (χ2n) is 7.57. The van der Waals surface area contributed by atoms with Gasteiger partial charge in [-0.2, -0.15) is 0 Å². The fourth-order valence-electron chi connectivity index (χ4n) is 3.72. The number of likely N-dealkylation sites (N-methyl/N-ethyl adjacent to an activating group) is 1. The molecule has 1 saturated heterocycles. The van der Waals surface area contributed by atoms with Crippen molar-refractivity contribution in [3.63, 3.8) is 0 Å². The lowest BCUT2D eigenvalue weighted by molar-refractivity contribution is -0.117. The van der Waals surface area contributed by atoms with Crippen LogP contribution in [-0.2, 0) is 4.79 Å². The van der Waals surface area contributed by atoms with E-state index in [0.717, 1.165) is 35.5 Å². The number of para-hydroxylation sites is 1. The monoisotopic (exact) mass is 377 g/mol. The van der Waals surface area contributed by atoms with Gasteiger partial charge in [-0.3, -0.25) is 9.69 Å². The summed E-state index contributed by atoms with van der Waals surface area (Å²) in [6.45, 7) is 4.59. The molecule has 1 N–H and O–H groups in total. The first-order valence-electron chi connectivity index (χ1n) is 9.94. The van der Waals surface area contributed by atoms with E-state index in [1.165, 1.54) is 18.5 Å². The minimum Gasteiger partial charge on any atom is -0.459 e. The minimum atomic E-state index is -0.0283. The predicted molar refractivity (Wildman–Crippen MR) is 114 cm³/mol. The Bertz CT molecular complexity index is 909. The number of rotatable bonds is 6. The minimum absolute atomic E-state index is 0.00990. The fraction of sp³-hybridized carbons (Fsp3) is 0.348. The molecule has 0 bridgehead atoms. The van der Waals surface area contributed by atoms with E-state index < -0.39 is 0 Å². The number of benzene rings is 2. The summed E-state index contributed by atoms with van der Waals surface area (Å²) in [5, 5.41) is 4.08. The summed E-state index contributed by atoms with van der Waals surface area (Å²) < 4.78 is 5.93. The van der Waals surface area contributed by atoms with Crippen molar-refractivity contribution in [3.05, 3.63) is 60.4 Å². The van der Waals surface area contributed by atoms with Gasteiger partial charge in [0.2, 0.25) is 5.91 Å². The van der Waals surface area contributed by atoms with Crippen molar-refractivity contribution in [1.29, 1.82) is 0 Å². The number of fused-ring (bicyclic) bond motifs is 1. The Morgan fingerprint density at radius 2 is 1.86 bits per heavy atom. The zero-order valence-electron chi connectivity index (χ0n) is 16.5. The van der Waals surface area contributed by atoms with Crippen LogP contribution in [0.2, 0.25) is 0 Å². The summed E-state index contributed by atoms with van der Waals surface area (Å²) in [6, 6.07) is 18.1. The highest BCUT2D eigenvalue weighted by Gasteiger charge is 2.19. The van der Waals surface area contributed by atoms with Gasteiger partial charge in [0, 0.05) is 29.9 Å². The summed E-state index contributed by atoms with van der Waals surface area (Å²) in [5.74, 6) is 0.839. The molecule has 3 aromatic rings. The number of hydrogen-bond donors (Lipinski definition) is 1. The standard InChI is InChI=1S/C23H27N3O2/c1-17(22-15-18-7-3-4-8-21(18)28-22)25(2)16-23(27)24-19-9-11-20(12-10-19)26-13-5-6-14-26/h3-4,7-12,15,17H,5-6,13-14,16H2,1-2H3,(H,24,27)/t17-/m1/s1. The lowest BCUT2D eigenvalue weighted by Crippen LogP contribution is -2.32. The molecule has 0 radical (unpaired) electrons. The second kappa shape index (κ2) is 8.07. The average molecular weight is 377 g/mol. The summed E-state index contributed by atoms with van der Waals surface area (Å²) in [6.07, 6.45) is 2.52. The summed E-state index contributed by atoms with van der Waals surface area (Å²) >= 11 is 0. The van der Waals surface area contributed by atoms with Crippen molar-refractivity contribution in [3.8, 4) is 0 Å². The molecule has 1 fully saturated rings. The normalized spacial score (nSPS) is 15.3. The molecule has 0 spiro atoms. The molecular formula is C23H27N3O2. The van der Waals surface area contributed by atoms with Crippen LogP contribution in [0.1, 0.15) is 31.6 Å². The Kier molecular flexibility index (Phi) is 5.35. The van der Waals surface area contributed by atoms with Crippen LogP contribution < -0.4 is 10.2 Å². The molecule has 1 aromatic heterocycles. The number of anilines is 2. The molecule has 1 atom stereocenters. The number of furan rings is 1. The molecule has 0 unspecified atom stereocenters. The SMILES string of the molecule is C[C@H](c1cc2ccccc2o1)N(C)CC(=O)Nc1ccc(N2CCCC2)cc1. The van der Waals surface area contributed by atoms with E-state index in [0.29, 0.717) is 6.54 Å². The molecule has 28 heavy (non-hydrogen) atoms. The van der Waals surface area contributed by atoms with Gasteiger partial charge in [-0.15, -0.1) is 0 Å². The smallest absolute Gasteiger partial charge is 0.238 e. The molecule has 1 aliphatic rings. The molecule has 4 rings (SSSR count). The van der Waals surface area contributed by atoms with Gasteiger partial charge >= 0.3 is 0 Å². The quantitative estimate of drug-likeness (QED) is 0.678. The predicted octanol–water partition coefficient (Wildman–Crippen LogP) is 4.66. The van der Waals surface area contributed by atoms with Crippen LogP contribution in [0, 0.1) is 0 Å². The molecule has 0 saturated carbocycles. The van der Waals surface area contributed by atoms with Gasteiger partial charge in [-0.1, -0.05) is 18.2 Å². The van der Waals surface area contributed by atoms with Crippen LogP contribution in [0.5, 0.6) is 0 Å². The second-order valence-corrected chi connectivity index (χ2v) is 7.57. The van der Waals surface area contributed by atoms with Gasteiger partial charge < -0.3 is 14.6 Å². The van der Waals surface area contributed by atoms with Crippen molar-refractivity contribution < 1.29 is 9.21 Å². The maximum atomic E-state index is 12.5. The van der Waals surface area contributed by atoms with Gasteiger partial charge in [0.1, 0.15) is 11.3 Å². The highest BCUT2D eigenvalue weighted by Crippen LogP contribution is 2.27. The zero-order valence-corrected chi connectivity index (χ0v) is 16.5. The van der Waals surface area contributed by atoms with Crippen molar-refractivity contribution in [1.82, 2.24) is 4.90 Å². The molecule has 1 amide bonds. The van der Waals surface area contributed by atoms with E-state index in [1.807, 2.05) is 54.4 Å². The largest absolute Gasteiger partial charge is 0.459 e. The van der Waals surface area contributed by atoms with Crippen LogP contribution in [0.25, 0.3) is 11.0 Å². The molecule has 5 heteroatoms. The number of nitrogens with zero attached hydrogens (tertiary/aromatic N) is 2. The number of hydrogen-bond acceptors (Lipinski definition) is 4. The topological polar surface area (TPSA) is 48.7 Å². The van der Waals surface area contributed by atoms with Gasteiger partial charge in [-0.05, 0) is 63.2 Å². The molecular weight excluding hydrogens is 350 g/mol. The Hall–Kier alpha value is -2.79. The Morgan fingerprint density at radius 3 is 2.57 bits per heavy atom. The van der Waals surface area contributed by atoms with E-state index in [9.17, 15) is 4.79 Å². The highest BCUT2D eigenvalue weighted by atomic mass is 16.3. The van der Waals surface area contributed by atoms with Crippen LogP contribution in [0.4, 0.5) is 11.4 Å². The van der Waals surface area contributed by atoms with E-state index >= 15 is 0 Å². The summed E-state index contributed by atoms with van der Waals surface area (Å²) in [4.78, 5) is 16.9. The first-order chi connectivity index (χ1) is 13.6. The summed E-state index contributed by atoms with van der Waals surface area (Å²) in [7, 11) is 1.94. The van der Waals surface area contributed by atoms with Gasteiger partial charge in [0.15, 0.2) is 0 Å². The maximum absolute atomic E-state index is 12.5. The summed E-state index contributed by atoms with van der Waals surface area (Å²) in [5.41, 5.74) is 2.93. The van der Waals surface area contributed by atoms with Crippen molar-refractivity contribution in [2.24, 2.45) is 0 Å². The maximum Gasteiger partial charge on any atom is 0.238 e. The number of carbonyl (C=O) groups excluding carboxylic acids is 1. The van der Waals surface area contributed by atoms with Crippen molar-refractivity contribution in [2.45, 2.75) is 25.8 Å². The van der Waals surface area contributed by atoms with E-state index in [-0.39, 0.29) is 11.9 Å². The van der Waals surface area contributed by atoms with E-state index in [2.05, 4.69) is 29.3 Å². The van der Waals surface area contributed by atoms with E-state index in [1.54, 1.807) is 0 Å². The first-order valence-corrected chi connectivity index (χ1v) is 9.94. The molecule has 2 heterocycles. The Balaban J connectivity index is 1.34. The zero-order chi connectivity index (χ0) is 19.5. The lowest BCUT2D eigenvalue weighted by atomic mass is 10.2. The molecule has 146 valence electrons.